The molecular weight excluding hydrogens is 356 g/mol. The van der Waals surface area contributed by atoms with Crippen LogP contribution in [0.5, 0.6) is 0 Å². The summed E-state index contributed by atoms with van der Waals surface area (Å²) in [5, 5.41) is 36.6. The number of carbonyl (C=O) groups is 4. The molecule has 10 nitrogen and oxygen atoms in total. The number of carboxylic acids is 4. The molecule has 6 N–H and O–H groups in total. The van der Waals surface area contributed by atoms with Crippen molar-refractivity contribution in [2.45, 2.75) is 0 Å². The van der Waals surface area contributed by atoms with Crippen molar-refractivity contribution in [2.75, 3.05) is 19.6 Å². The molecule has 23 heavy (non-hydrogen) atoms. The number of nitrogens with zero attached hydrogens (tertiary/aromatic N) is 1. The Hall–Kier alpha value is 1.54. The average Bonchev–Trinajstić information content (AvgIpc) is 2.12. The normalized spacial score (nSPS) is 8.35. The maximum atomic E-state index is 10.7. The van der Waals surface area contributed by atoms with Crippen LogP contribution in [0.25, 0.3) is 0 Å². The predicted octanol–water partition coefficient (Wildman–Crippen LogP) is -14.1. The van der Waals surface area contributed by atoms with Gasteiger partial charge in [-0.3, -0.25) is 4.48 Å². The first kappa shape index (κ1) is 39.6. The third-order valence-electron chi connectivity index (χ3n) is 2.12. The molecule has 0 saturated carbocycles. The molecule has 0 saturated heterocycles. The Morgan fingerprint density at radius 3 is 1.17 bits per heavy atom. The van der Waals surface area contributed by atoms with Gasteiger partial charge in [-0.1, -0.05) is 0 Å². The molecule has 0 aliphatic heterocycles. The molecule has 0 atom stereocenters. The minimum atomic E-state index is -1.90. The molecule has 0 amide bonds. The Morgan fingerprint density at radius 1 is 0.826 bits per heavy atom. The SMILES string of the molecule is C=C(C(=O)[O-])[N+](CC(=O)O)(CC(=O)O)CC(=O)O.N.[H-].[H-].[H-].[H-].[Na+].[Na+].[Na+].[Na+]. The second-order valence-electron chi connectivity index (χ2n) is 3.53. The Morgan fingerprint density at radius 2 is 1.04 bits per heavy atom. The molecule has 0 fully saturated rings. The van der Waals surface area contributed by atoms with E-state index in [-0.39, 0.29) is 130 Å². The smallest absolute Gasteiger partial charge is 1.00 e. The minimum absolute atomic E-state index is 0. The number of quaternary nitrogens is 1. The topological polar surface area (TPSA) is 187 Å². The van der Waals surface area contributed by atoms with E-state index in [4.69, 9.17) is 15.3 Å². The van der Waals surface area contributed by atoms with Crippen LogP contribution in [0.2, 0.25) is 0 Å². The van der Waals surface area contributed by atoms with Gasteiger partial charge in [-0.2, -0.15) is 0 Å². The van der Waals surface area contributed by atoms with E-state index in [2.05, 4.69) is 6.58 Å². The molecule has 0 aliphatic carbocycles. The van der Waals surface area contributed by atoms with Crippen molar-refractivity contribution in [1.82, 2.24) is 6.15 Å². The quantitative estimate of drug-likeness (QED) is 0.182. The van der Waals surface area contributed by atoms with Crippen LogP contribution in [0.4, 0.5) is 0 Å². The third-order valence-corrected chi connectivity index (χ3v) is 2.12. The molecule has 0 heterocycles. The first-order chi connectivity index (χ1) is 8.10. The van der Waals surface area contributed by atoms with Gasteiger partial charge >= 0.3 is 136 Å². The minimum Gasteiger partial charge on any atom is -1.00 e. The molecule has 0 radical (unpaired) electrons. The summed E-state index contributed by atoms with van der Waals surface area (Å²) in [4.78, 5) is 42.6. The van der Waals surface area contributed by atoms with E-state index in [1.54, 1.807) is 0 Å². The summed E-state index contributed by atoms with van der Waals surface area (Å²) in [6.45, 7) is -0.103. The number of rotatable bonds is 8. The first-order valence-electron chi connectivity index (χ1n) is 4.53. The molecular formula is C9H18N2Na4O8. The van der Waals surface area contributed by atoms with Gasteiger partial charge in [-0.15, -0.1) is 0 Å². The molecule has 0 aromatic carbocycles. The van der Waals surface area contributed by atoms with E-state index in [0.717, 1.165) is 0 Å². The zero-order chi connectivity index (χ0) is 14.5. The Bertz CT molecular complexity index is 407. The fraction of sp³-hybridized carbons (Fsp3) is 0.333. The second kappa shape index (κ2) is 18.3. The predicted molar refractivity (Wildman–Crippen MR) is 61.4 cm³/mol. The number of carboxylic acid groups (broad SMARTS) is 4. The summed E-state index contributed by atoms with van der Waals surface area (Å²) >= 11 is 0. The molecule has 0 rings (SSSR count). The third kappa shape index (κ3) is 15.5. The van der Waals surface area contributed by atoms with Gasteiger partial charge in [0.15, 0.2) is 19.6 Å². The summed E-state index contributed by atoms with van der Waals surface area (Å²) in [6, 6.07) is 0. The van der Waals surface area contributed by atoms with Crippen molar-refractivity contribution < 1.29 is 168 Å². The van der Waals surface area contributed by atoms with Crippen molar-refractivity contribution in [3.05, 3.63) is 12.3 Å². The first-order valence-corrected chi connectivity index (χ1v) is 4.53. The largest absolute Gasteiger partial charge is 1.00 e. The van der Waals surface area contributed by atoms with E-state index in [1.807, 2.05) is 0 Å². The van der Waals surface area contributed by atoms with Crippen molar-refractivity contribution in [1.29, 1.82) is 0 Å². The molecule has 0 bridgehead atoms. The average molecular weight is 374 g/mol. The van der Waals surface area contributed by atoms with Crippen LogP contribution in [-0.2, 0) is 19.2 Å². The maximum Gasteiger partial charge on any atom is 1.00 e. The van der Waals surface area contributed by atoms with Crippen molar-refractivity contribution in [2.24, 2.45) is 0 Å². The van der Waals surface area contributed by atoms with E-state index in [0.29, 0.717) is 0 Å². The number of aliphatic carboxylic acids is 4. The Kier molecular flexibility index (Phi) is 31.5. The van der Waals surface area contributed by atoms with Crippen molar-refractivity contribution in [3.8, 4) is 0 Å². The van der Waals surface area contributed by atoms with Crippen LogP contribution in [0.15, 0.2) is 12.3 Å². The van der Waals surface area contributed by atoms with Gasteiger partial charge in [0.1, 0.15) is 11.7 Å². The number of carbonyl (C=O) groups excluding carboxylic acids is 1. The molecule has 14 heteroatoms. The van der Waals surface area contributed by atoms with Gasteiger partial charge < -0.3 is 37.1 Å². The van der Waals surface area contributed by atoms with E-state index in [1.165, 1.54) is 0 Å². The van der Waals surface area contributed by atoms with Gasteiger partial charge in [-0.25, -0.2) is 14.4 Å². The summed E-state index contributed by atoms with van der Waals surface area (Å²) in [6.07, 6.45) is 0. The molecule has 0 aliphatic rings. The van der Waals surface area contributed by atoms with Gasteiger partial charge in [0.2, 0.25) is 0 Å². The Labute approximate surface area is 226 Å². The monoisotopic (exact) mass is 374 g/mol. The van der Waals surface area contributed by atoms with Crippen LogP contribution in [-0.4, -0.2) is 63.3 Å². The van der Waals surface area contributed by atoms with Crippen LogP contribution >= 0.6 is 0 Å². The van der Waals surface area contributed by atoms with Gasteiger partial charge in [0.25, 0.3) is 0 Å². The molecule has 0 spiro atoms. The van der Waals surface area contributed by atoms with Crippen LogP contribution < -0.4 is 129 Å². The summed E-state index contributed by atoms with van der Waals surface area (Å²) in [7, 11) is 0. The van der Waals surface area contributed by atoms with Gasteiger partial charge in [0, 0.05) is 0 Å². The zero-order valence-corrected chi connectivity index (χ0v) is 21.9. The van der Waals surface area contributed by atoms with Gasteiger partial charge in [-0.05, 0) is 6.58 Å². The number of hydrogen-bond donors (Lipinski definition) is 4. The fourth-order valence-corrected chi connectivity index (χ4v) is 1.42. The van der Waals surface area contributed by atoms with Crippen LogP contribution in [0, 0.1) is 0 Å². The molecule has 0 aromatic heterocycles. The van der Waals surface area contributed by atoms with Crippen molar-refractivity contribution in [3.63, 3.8) is 0 Å². The standard InChI is InChI=1S/C9H11NO8.H3N.4Na.4H/c1-5(9(17)18)10(2-6(11)12,3-7(13)14)4-8(15)16;;;;;;;;;/h1-4H2,(H3-,11,12,13,14,15,16,17,18);1H3;;;;;;;;/q;;4*+1;4*-1. The molecule has 0 aromatic rings. The van der Waals surface area contributed by atoms with E-state index < -0.39 is 53.7 Å². The summed E-state index contributed by atoms with van der Waals surface area (Å²) in [5.41, 5.74) is -0.915. The van der Waals surface area contributed by atoms with Crippen molar-refractivity contribution >= 4 is 23.9 Å². The van der Waals surface area contributed by atoms with E-state index in [9.17, 15) is 24.3 Å². The zero-order valence-electron chi connectivity index (χ0n) is 17.9. The van der Waals surface area contributed by atoms with Crippen LogP contribution in [0.3, 0.4) is 0 Å². The molecule has 116 valence electrons. The Balaban J connectivity index is -0.0000000401. The second-order valence-corrected chi connectivity index (χ2v) is 3.53. The van der Waals surface area contributed by atoms with E-state index >= 15 is 0 Å². The summed E-state index contributed by atoms with van der Waals surface area (Å²) < 4.78 is -1.34. The fourth-order valence-electron chi connectivity index (χ4n) is 1.42. The maximum absolute atomic E-state index is 10.7. The van der Waals surface area contributed by atoms with Crippen LogP contribution in [0.1, 0.15) is 5.71 Å². The molecule has 0 unspecified atom stereocenters. The summed E-state index contributed by atoms with van der Waals surface area (Å²) in [5.74, 6) is -6.57. The number of hydrogen-bond acceptors (Lipinski definition) is 6. The van der Waals surface area contributed by atoms with Gasteiger partial charge in [0.05, 0.1) is 0 Å².